The molecule has 1 aliphatic rings. The summed E-state index contributed by atoms with van der Waals surface area (Å²) in [5, 5.41) is 8.87. The third-order valence-corrected chi connectivity index (χ3v) is 7.10. The van der Waals surface area contributed by atoms with Crippen LogP contribution in [0.3, 0.4) is 0 Å². The Labute approximate surface area is 238 Å². The minimum Gasteiger partial charge on any atom is -0.497 e. The molecular formula is C31H34N6O4. The van der Waals surface area contributed by atoms with Crippen molar-refractivity contribution in [1.29, 1.82) is 0 Å². The zero-order valence-corrected chi connectivity index (χ0v) is 23.2. The lowest BCUT2D eigenvalue weighted by Gasteiger charge is -2.28. The lowest BCUT2D eigenvalue weighted by Crippen LogP contribution is -2.47. The third-order valence-electron chi connectivity index (χ3n) is 7.10. The maximum absolute atomic E-state index is 14.2. The van der Waals surface area contributed by atoms with Crippen LogP contribution in [0.1, 0.15) is 16.1 Å². The molecule has 0 bridgehead atoms. The molecule has 41 heavy (non-hydrogen) atoms. The summed E-state index contributed by atoms with van der Waals surface area (Å²) in [6.07, 6.45) is 0. The number of amides is 3. The Hall–Kier alpha value is -4.83. The van der Waals surface area contributed by atoms with Gasteiger partial charge >= 0.3 is 11.7 Å². The summed E-state index contributed by atoms with van der Waals surface area (Å²) in [4.78, 5) is 42.7. The number of rotatable bonds is 8. The molecule has 3 N–H and O–H groups in total. The molecule has 0 aliphatic carbocycles. The van der Waals surface area contributed by atoms with E-state index in [0.29, 0.717) is 54.7 Å². The average Bonchev–Trinajstić information content (AvgIpc) is 3.29. The Morgan fingerprint density at radius 2 is 1.68 bits per heavy atom. The first kappa shape index (κ1) is 27.7. The molecular weight excluding hydrogens is 520 g/mol. The molecule has 2 heterocycles. The number of hydrogen-bond donors (Lipinski definition) is 3. The van der Waals surface area contributed by atoms with Crippen LogP contribution in [0, 0.1) is 6.92 Å². The van der Waals surface area contributed by atoms with Gasteiger partial charge < -0.3 is 25.6 Å². The van der Waals surface area contributed by atoms with Gasteiger partial charge in [-0.1, -0.05) is 54.6 Å². The second-order valence-corrected chi connectivity index (χ2v) is 9.77. The second kappa shape index (κ2) is 12.6. The highest BCUT2D eigenvalue weighted by Crippen LogP contribution is 2.28. The van der Waals surface area contributed by atoms with Crippen LogP contribution in [-0.2, 0) is 6.54 Å². The van der Waals surface area contributed by atoms with Crippen LogP contribution in [0.5, 0.6) is 5.75 Å². The van der Waals surface area contributed by atoms with Crippen molar-refractivity contribution in [3.8, 4) is 22.7 Å². The monoisotopic (exact) mass is 554 g/mol. The van der Waals surface area contributed by atoms with E-state index in [4.69, 9.17) is 4.74 Å². The summed E-state index contributed by atoms with van der Waals surface area (Å²) >= 11 is 0. The number of aromatic nitrogens is 2. The van der Waals surface area contributed by atoms with E-state index in [1.54, 1.807) is 40.8 Å². The topological polar surface area (TPSA) is 110 Å². The van der Waals surface area contributed by atoms with E-state index in [9.17, 15) is 14.4 Å². The number of ether oxygens (including phenoxy) is 1. The lowest BCUT2D eigenvalue weighted by molar-refractivity contribution is 0.0725. The minimum absolute atomic E-state index is 0.107. The van der Waals surface area contributed by atoms with Gasteiger partial charge in [0.05, 0.1) is 18.5 Å². The average molecular weight is 555 g/mol. The summed E-state index contributed by atoms with van der Waals surface area (Å²) in [6, 6.07) is 23.7. The van der Waals surface area contributed by atoms with Gasteiger partial charge in [-0.15, -0.1) is 0 Å². The highest BCUT2D eigenvalue weighted by atomic mass is 16.5. The van der Waals surface area contributed by atoms with Gasteiger partial charge in [-0.05, 0) is 30.7 Å². The van der Waals surface area contributed by atoms with Gasteiger partial charge in [0.2, 0.25) is 0 Å². The number of para-hydroxylation sites is 1. The molecule has 3 aromatic carbocycles. The molecule has 212 valence electrons. The zero-order chi connectivity index (χ0) is 28.8. The first-order valence-electron chi connectivity index (χ1n) is 13.6. The predicted molar refractivity (Wildman–Crippen MR) is 159 cm³/mol. The molecule has 5 rings (SSSR count). The number of methoxy groups -OCH3 is 1. The third kappa shape index (κ3) is 6.02. The van der Waals surface area contributed by atoms with Crippen LogP contribution in [0.15, 0.2) is 83.7 Å². The van der Waals surface area contributed by atoms with E-state index < -0.39 is 6.03 Å². The highest BCUT2D eigenvalue weighted by Gasteiger charge is 2.31. The van der Waals surface area contributed by atoms with Crippen molar-refractivity contribution in [3.05, 3.63) is 101 Å². The first-order valence-corrected chi connectivity index (χ1v) is 13.6. The summed E-state index contributed by atoms with van der Waals surface area (Å²) < 4.78 is 8.33. The van der Waals surface area contributed by atoms with Crippen molar-refractivity contribution in [2.24, 2.45) is 0 Å². The Balaban J connectivity index is 1.53. The Morgan fingerprint density at radius 1 is 0.951 bits per heavy atom. The number of carbonyl (C=O) groups is 2. The van der Waals surface area contributed by atoms with E-state index in [1.165, 1.54) is 4.57 Å². The Bertz CT molecular complexity index is 1590. The summed E-state index contributed by atoms with van der Waals surface area (Å²) in [5.41, 5.74) is 3.44. The van der Waals surface area contributed by atoms with Crippen LogP contribution in [0.4, 0.5) is 10.5 Å². The van der Waals surface area contributed by atoms with Crippen molar-refractivity contribution in [3.63, 3.8) is 0 Å². The van der Waals surface area contributed by atoms with Crippen molar-refractivity contribution < 1.29 is 14.3 Å². The molecule has 0 saturated carbocycles. The van der Waals surface area contributed by atoms with E-state index in [0.717, 1.165) is 11.1 Å². The van der Waals surface area contributed by atoms with E-state index in [2.05, 4.69) is 16.0 Å². The number of hydrogen-bond acceptors (Lipinski definition) is 5. The van der Waals surface area contributed by atoms with Gasteiger partial charge in [0.25, 0.3) is 5.91 Å². The maximum atomic E-state index is 14.2. The van der Waals surface area contributed by atoms with E-state index in [-0.39, 0.29) is 24.7 Å². The molecule has 1 aromatic heterocycles. The minimum atomic E-state index is -0.428. The van der Waals surface area contributed by atoms with E-state index in [1.807, 2.05) is 61.5 Å². The van der Waals surface area contributed by atoms with Gasteiger partial charge in [0.1, 0.15) is 11.4 Å². The van der Waals surface area contributed by atoms with Gasteiger partial charge in [-0.3, -0.25) is 13.9 Å². The Morgan fingerprint density at radius 3 is 2.41 bits per heavy atom. The normalized spacial score (nSPS) is 13.1. The first-order chi connectivity index (χ1) is 20.0. The van der Waals surface area contributed by atoms with Crippen LogP contribution >= 0.6 is 0 Å². The molecule has 1 fully saturated rings. The smallest absolute Gasteiger partial charge is 0.333 e. The van der Waals surface area contributed by atoms with Gasteiger partial charge in [0.15, 0.2) is 0 Å². The van der Waals surface area contributed by atoms with Crippen LogP contribution in [0.2, 0.25) is 0 Å². The number of anilines is 1. The fourth-order valence-electron chi connectivity index (χ4n) is 5.04. The fourth-order valence-corrected chi connectivity index (χ4v) is 5.04. The lowest BCUT2D eigenvalue weighted by atomic mass is 10.1. The molecule has 0 spiro atoms. The van der Waals surface area contributed by atoms with Crippen molar-refractivity contribution >= 4 is 17.6 Å². The second-order valence-electron chi connectivity index (χ2n) is 9.77. The molecule has 3 amide bonds. The molecule has 0 radical (unpaired) electrons. The largest absolute Gasteiger partial charge is 0.497 e. The van der Waals surface area contributed by atoms with E-state index >= 15 is 0 Å². The Kier molecular flexibility index (Phi) is 8.50. The molecule has 0 atom stereocenters. The quantitative estimate of drug-likeness (QED) is 0.309. The molecule has 1 aliphatic heterocycles. The number of nitrogens with one attached hydrogen (secondary N) is 3. The zero-order valence-electron chi connectivity index (χ0n) is 23.2. The van der Waals surface area contributed by atoms with Crippen molar-refractivity contribution in [2.75, 3.05) is 45.2 Å². The van der Waals surface area contributed by atoms with Gasteiger partial charge in [-0.2, -0.15) is 0 Å². The summed E-state index contributed by atoms with van der Waals surface area (Å²) in [6.45, 7) is 4.62. The number of imidazole rings is 1. The molecule has 0 unspecified atom stereocenters. The SMILES string of the molecule is COc1cccc(NC(=O)NCCn2c(C(=O)N3CCNCC3)c(-c3ccccc3)n(-c3ccccc3C)c2=O)c1. The standard InChI is InChI=1S/C31H34N6O4/c1-22-9-6-7-14-26(22)37-27(23-10-4-3-5-11-23)28(29(38)35-18-15-32-16-19-35)36(31(37)40)20-17-33-30(39)34-24-12-8-13-25(21-24)41-2/h3-14,21,32H,15-20H2,1-2H3,(H2,33,34,39). The number of nitrogens with zero attached hydrogens (tertiary/aromatic N) is 3. The fraction of sp³-hybridized carbons (Fsp3) is 0.258. The number of piperazine rings is 1. The van der Waals surface area contributed by atoms with Crippen molar-refractivity contribution in [1.82, 2.24) is 24.7 Å². The highest BCUT2D eigenvalue weighted by molar-refractivity contribution is 5.99. The molecule has 10 heteroatoms. The van der Waals surface area contributed by atoms with Crippen LogP contribution in [-0.4, -0.2) is 65.8 Å². The van der Waals surface area contributed by atoms with Crippen LogP contribution in [0.25, 0.3) is 16.9 Å². The maximum Gasteiger partial charge on any atom is 0.333 e. The predicted octanol–water partition coefficient (Wildman–Crippen LogP) is 3.49. The summed E-state index contributed by atoms with van der Waals surface area (Å²) in [5.74, 6) is 0.409. The molecule has 10 nitrogen and oxygen atoms in total. The molecule has 1 saturated heterocycles. The number of carbonyl (C=O) groups excluding carboxylic acids is 2. The number of benzene rings is 3. The number of aryl methyl sites for hydroxylation is 1. The molecule has 4 aromatic rings. The number of urea groups is 1. The summed E-state index contributed by atoms with van der Waals surface area (Å²) in [7, 11) is 1.56. The van der Waals surface area contributed by atoms with Crippen LogP contribution < -0.4 is 26.4 Å². The van der Waals surface area contributed by atoms with Gasteiger partial charge in [-0.25, -0.2) is 9.59 Å². The van der Waals surface area contributed by atoms with Crippen molar-refractivity contribution in [2.45, 2.75) is 13.5 Å². The van der Waals surface area contributed by atoms with Gasteiger partial charge in [0, 0.05) is 56.6 Å².